The fraction of sp³-hybridized carbons (Fsp3) is 0.208. The molecule has 2 aromatic rings. The molecule has 1 N–H and O–H groups in total. The minimum atomic E-state index is -3.82. The highest BCUT2D eigenvalue weighted by Gasteiger charge is 2.43. The number of benzene rings is 2. The van der Waals surface area contributed by atoms with Crippen LogP contribution in [0, 0.1) is 12.3 Å². The van der Waals surface area contributed by atoms with Gasteiger partial charge in [-0.2, -0.15) is 9.39 Å². The van der Waals surface area contributed by atoms with Crippen LogP contribution in [0.2, 0.25) is 0 Å². The molecule has 0 atom stereocenters. The quantitative estimate of drug-likeness (QED) is 0.270. The van der Waals surface area contributed by atoms with Crippen molar-refractivity contribution in [1.82, 2.24) is 4.90 Å². The van der Waals surface area contributed by atoms with Gasteiger partial charge in [-0.15, -0.1) is 0 Å². The molecule has 0 saturated carbocycles. The predicted molar refractivity (Wildman–Crippen MR) is 138 cm³/mol. The average molecular weight is 527 g/mol. The summed E-state index contributed by atoms with van der Waals surface area (Å²) in [5, 5.41) is 7.46. The largest absolute Gasteiger partial charge is 0.493 e. The van der Waals surface area contributed by atoms with Crippen LogP contribution in [-0.2, 0) is 14.6 Å². The first-order valence-corrected chi connectivity index (χ1v) is 13.0. The number of aliphatic imine (C=N–C) groups is 1. The van der Waals surface area contributed by atoms with Crippen molar-refractivity contribution >= 4 is 55.9 Å². The zero-order valence-corrected chi connectivity index (χ0v) is 21.4. The molecule has 2 aliphatic rings. The first-order valence-electron chi connectivity index (χ1n) is 10.7. The van der Waals surface area contributed by atoms with Crippen molar-refractivity contribution in [2.45, 2.75) is 26.0 Å². The monoisotopic (exact) mass is 526 g/mol. The number of fused-ring (bicyclic) bond motifs is 1. The molecule has 10 nitrogen and oxygen atoms in total. The van der Waals surface area contributed by atoms with Gasteiger partial charge in [0.2, 0.25) is 20.2 Å². The number of methoxy groups -OCH3 is 1. The summed E-state index contributed by atoms with van der Waals surface area (Å²) in [6, 6.07) is 11.6. The van der Waals surface area contributed by atoms with E-state index in [2.05, 4.69) is 9.39 Å². The normalized spacial score (nSPS) is 16.7. The maximum absolute atomic E-state index is 12.7. The Kier molecular flexibility index (Phi) is 6.83. The first-order chi connectivity index (χ1) is 17.0. The number of carbonyl (C=O) groups is 2. The third kappa shape index (κ3) is 4.69. The smallest absolute Gasteiger partial charge is 0.343 e. The van der Waals surface area contributed by atoms with Crippen LogP contribution in [0.4, 0.5) is 0 Å². The van der Waals surface area contributed by atoms with Crippen LogP contribution < -0.4 is 9.47 Å². The van der Waals surface area contributed by atoms with Crippen molar-refractivity contribution < 1.29 is 27.5 Å². The SMILES string of the molecule is COc1cc(/C=C2/C(=N)N3C(=NC2=O)SN=C3S(=O)(=O)C(C)C)ccc1OC(=O)c1cccc(C)c1. The first kappa shape index (κ1) is 25.3. The highest BCUT2D eigenvalue weighted by Crippen LogP contribution is 2.33. The van der Waals surface area contributed by atoms with E-state index in [1.807, 2.05) is 13.0 Å². The number of hydrogen-bond acceptors (Lipinski definition) is 9. The summed E-state index contributed by atoms with van der Waals surface area (Å²) in [6.07, 6.45) is 1.39. The summed E-state index contributed by atoms with van der Waals surface area (Å²) < 4.78 is 40.2. The maximum Gasteiger partial charge on any atom is 0.343 e. The highest BCUT2D eigenvalue weighted by atomic mass is 32.2. The van der Waals surface area contributed by atoms with Gasteiger partial charge in [-0.3, -0.25) is 10.2 Å². The second-order valence-corrected chi connectivity index (χ2v) is 11.3. The lowest BCUT2D eigenvalue weighted by Gasteiger charge is -2.25. The minimum absolute atomic E-state index is 0.0114. The molecule has 0 spiro atoms. The molecule has 1 amide bonds. The minimum Gasteiger partial charge on any atom is -0.493 e. The lowest BCUT2D eigenvalue weighted by atomic mass is 10.1. The predicted octanol–water partition coefficient (Wildman–Crippen LogP) is 3.62. The van der Waals surface area contributed by atoms with E-state index in [0.29, 0.717) is 11.1 Å². The number of amidine groups is 3. The number of nitrogens with one attached hydrogen (secondary N) is 1. The van der Waals surface area contributed by atoms with Crippen LogP contribution in [0.25, 0.3) is 6.08 Å². The van der Waals surface area contributed by atoms with Crippen LogP contribution >= 0.6 is 11.9 Å². The van der Waals surface area contributed by atoms with Crippen LogP contribution in [0.1, 0.15) is 35.3 Å². The van der Waals surface area contributed by atoms with E-state index in [4.69, 9.17) is 14.9 Å². The Bertz CT molecular complexity index is 1490. The molecular weight excluding hydrogens is 504 g/mol. The summed E-state index contributed by atoms with van der Waals surface area (Å²) in [7, 11) is -2.42. The topological polar surface area (TPSA) is 139 Å². The van der Waals surface area contributed by atoms with Gasteiger partial charge < -0.3 is 9.47 Å². The second kappa shape index (κ2) is 9.70. The molecule has 0 aromatic heterocycles. The number of aryl methyl sites for hydroxylation is 1. The molecule has 0 aliphatic carbocycles. The molecule has 4 rings (SSSR count). The van der Waals surface area contributed by atoms with Crippen molar-refractivity contribution in [2.24, 2.45) is 9.39 Å². The zero-order valence-electron chi connectivity index (χ0n) is 19.8. The molecule has 0 bridgehead atoms. The fourth-order valence-electron chi connectivity index (χ4n) is 3.35. The summed E-state index contributed by atoms with van der Waals surface area (Å²) in [6.45, 7) is 4.88. The van der Waals surface area contributed by atoms with Crippen LogP contribution in [-0.4, -0.2) is 53.7 Å². The van der Waals surface area contributed by atoms with E-state index in [1.54, 1.807) is 24.3 Å². The summed E-state index contributed by atoms with van der Waals surface area (Å²) in [5.41, 5.74) is 1.62. The number of sulfone groups is 1. The van der Waals surface area contributed by atoms with Crippen LogP contribution in [0.3, 0.4) is 0 Å². The lowest BCUT2D eigenvalue weighted by molar-refractivity contribution is -0.114. The van der Waals surface area contributed by atoms with E-state index < -0.39 is 27.0 Å². The number of hydrogen-bond donors (Lipinski definition) is 1. The standard InChI is InChI=1S/C24H22N4O6S2/c1-13(2)36(31,32)24-27-35-23-26-21(29)17(20(25)28(23)24)11-15-8-9-18(19(12-15)33-4)34-22(30)16-7-5-6-14(3)10-16/h5-13,25H,1-4H3/b17-11-,25-20?. The Morgan fingerprint density at radius 1 is 1.17 bits per heavy atom. The molecular formula is C24H22N4O6S2. The molecule has 0 saturated heterocycles. The van der Waals surface area contributed by atoms with Gasteiger partial charge in [-0.25, -0.2) is 18.1 Å². The summed E-state index contributed by atoms with van der Waals surface area (Å²) in [4.78, 5) is 30.2. The number of carbonyl (C=O) groups excluding carboxylic acids is 2. The summed E-state index contributed by atoms with van der Waals surface area (Å²) in [5.74, 6) is -1.22. The number of esters is 1. The molecule has 186 valence electrons. The highest BCUT2D eigenvalue weighted by molar-refractivity contribution is 8.16. The Morgan fingerprint density at radius 3 is 2.58 bits per heavy atom. The maximum atomic E-state index is 12.7. The van der Waals surface area contributed by atoms with Gasteiger partial charge in [0.05, 0.1) is 35.4 Å². The molecule has 12 heteroatoms. The fourth-order valence-corrected chi connectivity index (χ4v) is 5.41. The molecule has 36 heavy (non-hydrogen) atoms. The Hall–Kier alpha value is -3.77. The van der Waals surface area contributed by atoms with Gasteiger partial charge in [0.1, 0.15) is 5.84 Å². The van der Waals surface area contributed by atoms with Gasteiger partial charge in [0, 0.05) is 0 Å². The van der Waals surface area contributed by atoms with E-state index in [9.17, 15) is 18.0 Å². The molecule has 0 radical (unpaired) electrons. The van der Waals surface area contributed by atoms with E-state index >= 15 is 0 Å². The molecule has 0 unspecified atom stereocenters. The zero-order chi connectivity index (χ0) is 26.2. The molecule has 2 heterocycles. The third-order valence-corrected chi connectivity index (χ3v) is 8.17. The number of ether oxygens (including phenoxy) is 2. The van der Waals surface area contributed by atoms with Gasteiger partial charge >= 0.3 is 5.97 Å². The summed E-state index contributed by atoms with van der Waals surface area (Å²) >= 11 is 0.735. The lowest BCUT2D eigenvalue weighted by Crippen LogP contribution is -2.46. The van der Waals surface area contributed by atoms with Crippen molar-refractivity contribution in [3.63, 3.8) is 0 Å². The van der Waals surface area contributed by atoms with Gasteiger partial charge in [0.25, 0.3) is 5.91 Å². The van der Waals surface area contributed by atoms with E-state index in [0.717, 1.165) is 22.4 Å². The van der Waals surface area contributed by atoms with Gasteiger partial charge in [0.15, 0.2) is 11.5 Å². The van der Waals surface area contributed by atoms with Crippen molar-refractivity contribution in [2.75, 3.05) is 7.11 Å². The van der Waals surface area contributed by atoms with Crippen LogP contribution in [0.5, 0.6) is 11.5 Å². The van der Waals surface area contributed by atoms with Gasteiger partial charge in [-0.1, -0.05) is 23.8 Å². The average Bonchev–Trinajstić information content (AvgIpc) is 3.27. The Morgan fingerprint density at radius 2 is 1.92 bits per heavy atom. The Balaban J connectivity index is 1.64. The van der Waals surface area contributed by atoms with Crippen molar-refractivity contribution in [1.29, 1.82) is 5.41 Å². The van der Waals surface area contributed by atoms with Crippen molar-refractivity contribution in [3.05, 3.63) is 64.7 Å². The second-order valence-electron chi connectivity index (χ2n) is 8.17. The molecule has 0 fully saturated rings. The van der Waals surface area contributed by atoms with E-state index in [-0.39, 0.29) is 33.2 Å². The number of rotatable bonds is 5. The van der Waals surface area contributed by atoms with Crippen LogP contribution in [0.15, 0.2) is 57.4 Å². The molecule has 2 aliphatic heterocycles. The number of nitrogens with zero attached hydrogens (tertiary/aromatic N) is 3. The third-order valence-electron chi connectivity index (χ3n) is 5.32. The van der Waals surface area contributed by atoms with E-state index in [1.165, 1.54) is 39.2 Å². The Labute approximate surface area is 212 Å². The molecule has 2 aromatic carbocycles. The van der Waals surface area contributed by atoms with Crippen molar-refractivity contribution in [3.8, 4) is 11.5 Å². The van der Waals surface area contributed by atoms with Gasteiger partial charge in [-0.05, 0) is 56.7 Å². The number of amides is 1.